The second kappa shape index (κ2) is 7.20. The van der Waals surface area contributed by atoms with E-state index in [1.807, 2.05) is 36.2 Å². The van der Waals surface area contributed by atoms with Crippen LogP contribution in [0.4, 0.5) is 0 Å². The first kappa shape index (κ1) is 16.6. The van der Waals surface area contributed by atoms with Crippen molar-refractivity contribution in [1.82, 2.24) is 9.80 Å². The second-order valence-electron chi connectivity index (χ2n) is 7.59. The quantitative estimate of drug-likeness (QED) is 0.848. The fourth-order valence-corrected chi connectivity index (χ4v) is 4.73. The molecule has 1 aromatic heterocycles. The number of nitrogens with zero attached hydrogens (tertiary/aromatic N) is 2. The molecule has 4 nitrogen and oxygen atoms in total. The van der Waals surface area contributed by atoms with Gasteiger partial charge in [0.15, 0.2) is 0 Å². The van der Waals surface area contributed by atoms with Crippen molar-refractivity contribution in [2.75, 3.05) is 20.1 Å². The summed E-state index contributed by atoms with van der Waals surface area (Å²) in [5.41, 5.74) is 1.93. The lowest BCUT2D eigenvalue weighted by atomic mass is 9.88. The molecule has 0 unspecified atom stereocenters. The number of furan rings is 1. The third-order valence-electron chi connectivity index (χ3n) is 6.12. The average Bonchev–Trinajstić information content (AvgIpc) is 3.33. The van der Waals surface area contributed by atoms with Gasteiger partial charge in [0.25, 0.3) is 0 Å². The van der Waals surface area contributed by atoms with Crippen LogP contribution in [0.3, 0.4) is 0 Å². The number of benzene rings is 1. The molecule has 1 aliphatic carbocycles. The Labute approximate surface area is 149 Å². The summed E-state index contributed by atoms with van der Waals surface area (Å²) in [7, 11) is 2.01. The molecule has 1 saturated heterocycles. The highest BCUT2D eigenvalue weighted by Gasteiger charge is 2.35. The van der Waals surface area contributed by atoms with Crippen molar-refractivity contribution < 1.29 is 9.21 Å². The lowest BCUT2D eigenvalue weighted by Gasteiger charge is -2.42. The topological polar surface area (TPSA) is 36.7 Å². The third kappa shape index (κ3) is 3.32. The van der Waals surface area contributed by atoms with Crippen LogP contribution in [-0.2, 0) is 11.2 Å². The van der Waals surface area contributed by atoms with E-state index in [2.05, 4.69) is 4.90 Å². The average molecular weight is 340 g/mol. The van der Waals surface area contributed by atoms with Gasteiger partial charge < -0.3 is 9.32 Å². The molecule has 2 aliphatic rings. The normalized spacial score (nSPS) is 24.7. The SMILES string of the molecule is CN(C(=O)Cc1cccc2occc12)[C@H]1CCCC[C@@H]1N1CCCC1. The number of carbonyl (C=O) groups is 1. The van der Waals surface area contributed by atoms with Crippen LogP contribution in [0.2, 0.25) is 0 Å². The van der Waals surface area contributed by atoms with Crippen molar-refractivity contribution in [1.29, 1.82) is 0 Å². The zero-order valence-corrected chi connectivity index (χ0v) is 15.1. The molecule has 0 radical (unpaired) electrons. The molecule has 4 heteroatoms. The van der Waals surface area contributed by atoms with Crippen LogP contribution in [-0.4, -0.2) is 47.9 Å². The number of likely N-dealkylation sites (tertiary alicyclic amines) is 1. The van der Waals surface area contributed by atoms with Crippen molar-refractivity contribution >= 4 is 16.9 Å². The maximum atomic E-state index is 13.0. The molecular weight excluding hydrogens is 312 g/mol. The van der Waals surface area contributed by atoms with Crippen LogP contribution >= 0.6 is 0 Å². The Hall–Kier alpha value is -1.81. The van der Waals surface area contributed by atoms with Gasteiger partial charge in [0.05, 0.1) is 12.7 Å². The molecule has 1 aliphatic heterocycles. The van der Waals surface area contributed by atoms with Crippen molar-refractivity contribution in [2.24, 2.45) is 0 Å². The molecule has 25 heavy (non-hydrogen) atoms. The molecule has 1 aromatic carbocycles. The summed E-state index contributed by atoms with van der Waals surface area (Å²) in [5, 5.41) is 1.06. The van der Waals surface area contributed by atoms with E-state index in [4.69, 9.17) is 4.42 Å². The molecule has 1 amide bonds. The van der Waals surface area contributed by atoms with Crippen LogP contribution in [0.15, 0.2) is 34.9 Å². The molecule has 0 spiro atoms. The lowest BCUT2D eigenvalue weighted by molar-refractivity contribution is -0.133. The van der Waals surface area contributed by atoms with Crippen molar-refractivity contribution in [3.8, 4) is 0 Å². The highest BCUT2D eigenvalue weighted by molar-refractivity contribution is 5.87. The summed E-state index contributed by atoms with van der Waals surface area (Å²) < 4.78 is 5.47. The monoisotopic (exact) mass is 340 g/mol. The number of rotatable bonds is 4. The molecule has 2 aromatic rings. The van der Waals surface area contributed by atoms with Gasteiger partial charge >= 0.3 is 0 Å². The van der Waals surface area contributed by atoms with Gasteiger partial charge in [-0.1, -0.05) is 25.0 Å². The fourth-order valence-electron chi connectivity index (χ4n) is 4.73. The number of carbonyl (C=O) groups excluding carboxylic acids is 1. The van der Waals surface area contributed by atoms with Gasteiger partial charge in [0.1, 0.15) is 5.58 Å². The summed E-state index contributed by atoms with van der Waals surface area (Å²) in [5.74, 6) is 0.227. The van der Waals surface area contributed by atoms with Gasteiger partial charge in [-0.2, -0.15) is 0 Å². The minimum atomic E-state index is 0.227. The van der Waals surface area contributed by atoms with E-state index in [9.17, 15) is 4.79 Å². The van der Waals surface area contributed by atoms with Crippen LogP contribution in [0.5, 0.6) is 0 Å². The highest BCUT2D eigenvalue weighted by atomic mass is 16.3. The van der Waals surface area contributed by atoms with E-state index in [1.165, 1.54) is 45.2 Å². The molecule has 2 fully saturated rings. The second-order valence-corrected chi connectivity index (χ2v) is 7.59. The van der Waals surface area contributed by atoms with Gasteiger partial charge in [0.2, 0.25) is 5.91 Å². The first-order valence-corrected chi connectivity index (χ1v) is 9.69. The molecule has 4 rings (SSSR count). The van der Waals surface area contributed by atoms with Gasteiger partial charge in [-0.15, -0.1) is 0 Å². The van der Waals surface area contributed by atoms with Gasteiger partial charge in [-0.05, 0) is 56.5 Å². The Morgan fingerprint density at radius 3 is 2.80 bits per heavy atom. The van der Waals surface area contributed by atoms with Gasteiger partial charge in [0, 0.05) is 24.5 Å². The number of amides is 1. The molecular formula is C21H28N2O2. The van der Waals surface area contributed by atoms with Gasteiger partial charge in [-0.25, -0.2) is 0 Å². The first-order valence-electron chi connectivity index (χ1n) is 9.69. The maximum absolute atomic E-state index is 13.0. The number of hydrogen-bond donors (Lipinski definition) is 0. The van der Waals surface area contributed by atoms with E-state index in [-0.39, 0.29) is 5.91 Å². The number of fused-ring (bicyclic) bond motifs is 1. The Kier molecular flexibility index (Phi) is 4.80. The van der Waals surface area contributed by atoms with Crippen LogP contribution in [0.1, 0.15) is 44.1 Å². The van der Waals surface area contributed by atoms with E-state index in [0.29, 0.717) is 18.5 Å². The molecule has 2 heterocycles. The van der Waals surface area contributed by atoms with E-state index in [0.717, 1.165) is 23.0 Å². The Balaban J connectivity index is 1.49. The summed E-state index contributed by atoms with van der Waals surface area (Å²) in [6.45, 7) is 2.41. The Morgan fingerprint density at radius 1 is 1.16 bits per heavy atom. The van der Waals surface area contributed by atoms with Crippen LogP contribution in [0, 0.1) is 0 Å². The highest BCUT2D eigenvalue weighted by Crippen LogP contribution is 2.30. The molecule has 0 bridgehead atoms. The first-order chi connectivity index (χ1) is 12.2. The van der Waals surface area contributed by atoms with Crippen molar-refractivity contribution in [3.63, 3.8) is 0 Å². The van der Waals surface area contributed by atoms with E-state index >= 15 is 0 Å². The predicted octanol–water partition coefficient (Wildman–Crippen LogP) is 3.84. The molecule has 1 saturated carbocycles. The van der Waals surface area contributed by atoms with Crippen molar-refractivity contribution in [2.45, 2.75) is 57.0 Å². The number of hydrogen-bond acceptors (Lipinski definition) is 3. The molecule has 134 valence electrons. The zero-order valence-electron chi connectivity index (χ0n) is 15.1. The van der Waals surface area contributed by atoms with Crippen LogP contribution < -0.4 is 0 Å². The molecule has 2 atom stereocenters. The largest absolute Gasteiger partial charge is 0.464 e. The minimum absolute atomic E-state index is 0.227. The van der Waals surface area contributed by atoms with Crippen molar-refractivity contribution in [3.05, 3.63) is 36.1 Å². The predicted molar refractivity (Wildman–Crippen MR) is 99.5 cm³/mol. The zero-order chi connectivity index (χ0) is 17.2. The minimum Gasteiger partial charge on any atom is -0.464 e. The number of likely N-dealkylation sites (N-methyl/N-ethyl adjacent to an activating group) is 1. The van der Waals surface area contributed by atoms with E-state index in [1.54, 1.807) is 6.26 Å². The summed E-state index contributed by atoms with van der Waals surface area (Å²) in [6, 6.07) is 8.85. The lowest BCUT2D eigenvalue weighted by Crippen LogP contribution is -2.53. The van der Waals surface area contributed by atoms with Gasteiger partial charge in [-0.3, -0.25) is 9.69 Å². The van der Waals surface area contributed by atoms with Crippen LogP contribution in [0.25, 0.3) is 11.0 Å². The maximum Gasteiger partial charge on any atom is 0.227 e. The fraction of sp³-hybridized carbons (Fsp3) is 0.571. The summed E-state index contributed by atoms with van der Waals surface area (Å²) >= 11 is 0. The van der Waals surface area contributed by atoms with E-state index < -0.39 is 0 Å². The standard InChI is InChI=1S/C21H28N2O2/c1-22(18-8-2-3-9-19(18)23-12-4-5-13-23)21(24)15-16-7-6-10-20-17(16)11-14-25-20/h6-7,10-11,14,18-19H,2-5,8-9,12-13,15H2,1H3/t18-,19-/m0/s1. The third-order valence-corrected chi connectivity index (χ3v) is 6.12. The smallest absolute Gasteiger partial charge is 0.227 e. The summed E-state index contributed by atoms with van der Waals surface area (Å²) in [4.78, 5) is 17.7. The summed E-state index contributed by atoms with van der Waals surface area (Å²) in [6.07, 6.45) is 9.69. The Morgan fingerprint density at radius 2 is 1.96 bits per heavy atom. The Bertz CT molecular complexity index is 732. The molecule has 0 N–H and O–H groups in total.